The summed E-state index contributed by atoms with van der Waals surface area (Å²) in [5.74, 6) is -0.206. The summed E-state index contributed by atoms with van der Waals surface area (Å²) >= 11 is 0. The van der Waals surface area contributed by atoms with E-state index in [1.165, 1.54) is 14.2 Å². The Morgan fingerprint density at radius 2 is 1.67 bits per heavy atom. The predicted octanol–water partition coefficient (Wildman–Crippen LogP) is 2.02. The van der Waals surface area contributed by atoms with Gasteiger partial charge in [0.15, 0.2) is 11.5 Å². The van der Waals surface area contributed by atoms with Gasteiger partial charge in [-0.05, 0) is 17.7 Å². The molecule has 0 fully saturated rings. The van der Waals surface area contributed by atoms with Crippen LogP contribution in [0.1, 0.15) is 17.2 Å². The summed E-state index contributed by atoms with van der Waals surface area (Å²) in [6.45, 7) is 0. The molecular formula is C18H19NO5. The van der Waals surface area contributed by atoms with Crippen LogP contribution in [0.25, 0.3) is 0 Å². The average Bonchev–Trinajstić information content (AvgIpc) is 2.60. The summed E-state index contributed by atoms with van der Waals surface area (Å²) in [5, 5.41) is 0. The molecule has 2 aromatic rings. The predicted molar refractivity (Wildman–Crippen MR) is 87.7 cm³/mol. The molecule has 0 saturated carbocycles. The van der Waals surface area contributed by atoms with E-state index >= 15 is 0 Å². The molecule has 1 amide bonds. The molecule has 126 valence electrons. The van der Waals surface area contributed by atoms with Gasteiger partial charge < -0.3 is 19.9 Å². The number of rotatable bonds is 7. The fourth-order valence-electron chi connectivity index (χ4n) is 2.25. The Labute approximate surface area is 140 Å². The third-order valence-corrected chi connectivity index (χ3v) is 3.41. The van der Waals surface area contributed by atoms with Gasteiger partial charge in [-0.2, -0.15) is 0 Å². The van der Waals surface area contributed by atoms with E-state index < -0.39 is 18.0 Å². The van der Waals surface area contributed by atoms with Gasteiger partial charge in [-0.3, -0.25) is 9.59 Å². The highest BCUT2D eigenvalue weighted by molar-refractivity contribution is 5.84. The Morgan fingerprint density at radius 1 is 1.00 bits per heavy atom. The van der Waals surface area contributed by atoms with Crippen LogP contribution in [-0.2, 0) is 20.7 Å². The van der Waals surface area contributed by atoms with Gasteiger partial charge in [0.1, 0.15) is 0 Å². The summed E-state index contributed by atoms with van der Waals surface area (Å²) in [4.78, 5) is 23.7. The van der Waals surface area contributed by atoms with Crippen molar-refractivity contribution in [2.45, 2.75) is 12.5 Å². The van der Waals surface area contributed by atoms with Crippen LogP contribution < -0.4 is 15.2 Å². The second-order valence-electron chi connectivity index (χ2n) is 5.05. The van der Waals surface area contributed by atoms with Gasteiger partial charge in [0.25, 0.3) is 5.91 Å². The van der Waals surface area contributed by atoms with Crippen LogP contribution in [0.5, 0.6) is 11.5 Å². The number of esters is 1. The van der Waals surface area contributed by atoms with Crippen molar-refractivity contribution in [3.8, 4) is 11.5 Å². The number of hydrogen-bond donors (Lipinski definition) is 1. The monoisotopic (exact) mass is 329 g/mol. The topological polar surface area (TPSA) is 87.9 Å². The molecule has 0 aromatic heterocycles. The zero-order chi connectivity index (χ0) is 17.5. The lowest BCUT2D eigenvalue weighted by Gasteiger charge is -2.15. The number of methoxy groups -OCH3 is 2. The molecule has 1 unspecified atom stereocenters. The number of carbonyl (C=O) groups is 2. The Hall–Kier alpha value is -3.02. The zero-order valence-electron chi connectivity index (χ0n) is 13.5. The molecule has 0 radical (unpaired) electrons. The van der Waals surface area contributed by atoms with E-state index in [0.29, 0.717) is 22.6 Å². The lowest BCUT2D eigenvalue weighted by atomic mass is 10.1. The largest absolute Gasteiger partial charge is 0.493 e. The van der Waals surface area contributed by atoms with Crippen LogP contribution in [-0.4, -0.2) is 26.1 Å². The molecule has 24 heavy (non-hydrogen) atoms. The third kappa shape index (κ3) is 4.25. The molecule has 0 aliphatic heterocycles. The van der Waals surface area contributed by atoms with Gasteiger partial charge in [0.2, 0.25) is 6.10 Å². The normalized spacial score (nSPS) is 11.4. The molecule has 6 heteroatoms. The summed E-state index contributed by atoms with van der Waals surface area (Å²) in [6, 6.07) is 13.8. The first-order valence-electron chi connectivity index (χ1n) is 7.29. The van der Waals surface area contributed by atoms with Crippen molar-refractivity contribution >= 4 is 11.9 Å². The quantitative estimate of drug-likeness (QED) is 0.785. The van der Waals surface area contributed by atoms with Crippen LogP contribution in [0.2, 0.25) is 0 Å². The van der Waals surface area contributed by atoms with Crippen molar-refractivity contribution < 1.29 is 23.8 Å². The Balaban J connectivity index is 2.10. The van der Waals surface area contributed by atoms with Crippen molar-refractivity contribution in [2.75, 3.05) is 14.2 Å². The summed E-state index contributed by atoms with van der Waals surface area (Å²) in [6.07, 6.45) is -1.13. The minimum Gasteiger partial charge on any atom is -0.493 e. The summed E-state index contributed by atoms with van der Waals surface area (Å²) in [7, 11) is 3.04. The smallest absolute Gasteiger partial charge is 0.311 e. The Morgan fingerprint density at radius 3 is 2.25 bits per heavy atom. The molecule has 0 spiro atoms. The van der Waals surface area contributed by atoms with E-state index in [0.717, 1.165) is 0 Å². The molecule has 1 atom stereocenters. The number of benzene rings is 2. The van der Waals surface area contributed by atoms with E-state index in [4.69, 9.17) is 19.9 Å². The van der Waals surface area contributed by atoms with E-state index in [-0.39, 0.29) is 6.42 Å². The maximum Gasteiger partial charge on any atom is 0.311 e. The first kappa shape index (κ1) is 17.3. The lowest BCUT2D eigenvalue weighted by molar-refractivity contribution is -0.154. The number of hydrogen-bond acceptors (Lipinski definition) is 5. The van der Waals surface area contributed by atoms with Gasteiger partial charge >= 0.3 is 5.97 Å². The van der Waals surface area contributed by atoms with Crippen molar-refractivity contribution in [3.05, 3.63) is 59.7 Å². The zero-order valence-corrected chi connectivity index (χ0v) is 13.5. The maximum absolute atomic E-state index is 12.2. The van der Waals surface area contributed by atoms with Crippen LogP contribution in [0.4, 0.5) is 0 Å². The number of ether oxygens (including phenoxy) is 3. The van der Waals surface area contributed by atoms with Gasteiger partial charge in [-0.1, -0.05) is 36.4 Å². The van der Waals surface area contributed by atoms with E-state index in [1.54, 1.807) is 48.5 Å². The Bertz CT molecular complexity index is 715. The number of primary amides is 1. The van der Waals surface area contributed by atoms with E-state index in [1.807, 2.05) is 0 Å². The van der Waals surface area contributed by atoms with Crippen molar-refractivity contribution in [1.82, 2.24) is 0 Å². The highest BCUT2D eigenvalue weighted by Gasteiger charge is 2.22. The Kier molecular flexibility index (Phi) is 5.78. The van der Waals surface area contributed by atoms with E-state index in [2.05, 4.69) is 0 Å². The third-order valence-electron chi connectivity index (χ3n) is 3.41. The molecule has 2 aromatic carbocycles. The molecule has 2 rings (SSSR count). The van der Waals surface area contributed by atoms with Crippen LogP contribution in [0.15, 0.2) is 48.5 Å². The SMILES string of the molecule is COc1ccc(CC(=O)OC(C(N)=O)c2ccccc2)cc1OC. The number of carbonyl (C=O) groups excluding carboxylic acids is 2. The highest BCUT2D eigenvalue weighted by atomic mass is 16.5. The standard InChI is InChI=1S/C18H19NO5/c1-22-14-9-8-12(10-15(14)23-2)11-16(20)24-17(18(19)21)13-6-4-3-5-7-13/h3-10,17H,11H2,1-2H3,(H2,19,21). The average molecular weight is 329 g/mol. The van der Waals surface area contributed by atoms with Crippen molar-refractivity contribution in [1.29, 1.82) is 0 Å². The lowest BCUT2D eigenvalue weighted by Crippen LogP contribution is -2.26. The van der Waals surface area contributed by atoms with Gasteiger partial charge in [-0.25, -0.2) is 0 Å². The fraction of sp³-hybridized carbons (Fsp3) is 0.222. The van der Waals surface area contributed by atoms with Crippen molar-refractivity contribution in [3.63, 3.8) is 0 Å². The molecule has 0 aliphatic rings. The first-order valence-corrected chi connectivity index (χ1v) is 7.29. The fourth-order valence-corrected chi connectivity index (χ4v) is 2.25. The molecule has 6 nitrogen and oxygen atoms in total. The molecule has 0 saturated heterocycles. The number of nitrogens with two attached hydrogens (primary N) is 1. The van der Waals surface area contributed by atoms with Crippen LogP contribution >= 0.6 is 0 Å². The molecular weight excluding hydrogens is 310 g/mol. The second-order valence-corrected chi connectivity index (χ2v) is 5.05. The summed E-state index contributed by atoms with van der Waals surface area (Å²) < 4.78 is 15.6. The highest BCUT2D eigenvalue weighted by Crippen LogP contribution is 2.28. The number of amides is 1. The molecule has 0 bridgehead atoms. The molecule has 2 N–H and O–H groups in total. The van der Waals surface area contributed by atoms with Crippen LogP contribution in [0.3, 0.4) is 0 Å². The summed E-state index contributed by atoms with van der Waals surface area (Å²) in [5.41, 5.74) is 6.55. The maximum atomic E-state index is 12.2. The van der Waals surface area contributed by atoms with Gasteiger partial charge in [0, 0.05) is 5.56 Å². The van der Waals surface area contributed by atoms with E-state index in [9.17, 15) is 9.59 Å². The molecule has 0 aliphatic carbocycles. The minimum absolute atomic E-state index is 0.0169. The van der Waals surface area contributed by atoms with Gasteiger partial charge in [-0.15, -0.1) is 0 Å². The first-order chi connectivity index (χ1) is 11.5. The minimum atomic E-state index is -1.11. The van der Waals surface area contributed by atoms with Crippen molar-refractivity contribution in [2.24, 2.45) is 5.73 Å². The molecule has 0 heterocycles. The second kappa shape index (κ2) is 8.01. The van der Waals surface area contributed by atoms with Gasteiger partial charge in [0.05, 0.1) is 20.6 Å². The van der Waals surface area contributed by atoms with Crippen LogP contribution in [0, 0.1) is 0 Å².